The van der Waals surface area contributed by atoms with E-state index >= 15 is 0 Å². The van der Waals surface area contributed by atoms with Gasteiger partial charge in [-0.2, -0.15) is 5.10 Å². The van der Waals surface area contributed by atoms with Crippen molar-refractivity contribution in [3.05, 3.63) is 48.0 Å². The highest BCUT2D eigenvalue weighted by molar-refractivity contribution is 6.10. The van der Waals surface area contributed by atoms with Gasteiger partial charge >= 0.3 is 0 Å². The Bertz CT molecular complexity index is 1140. The highest BCUT2D eigenvalue weighted by Gasteiger charge is 2.37. The number of fused-ring (bicyclic) bond motifs is 1. The van der Waals surface area contributed by atoms with Gasteiger partial charge in [-0.3, -0.25) is 14.4 Å². The average Bonchev–Trinajstić information content (AvgIpc) is 3.27. The first-order valence-electron chi connectivity index (χ1n) is 9.89. The number of hydrogen-bond donors (Lipinski definition) is 1. The minimum atomic E-state index is -0.906. The maximum atomic E-state index is 13.1. The normalized spacial score (nSPS) is 15.9. The van der Waals surface area contributed by atoms with E-state index < -0.39 is 5.60 Å². The van der Waals surface area contributed by atoms with Gasteiger partial charge in [-0.15, -0.1) is 0 Å². The zero-order chi connectivity index (χ0) is 22.3. The molecule has 1 amide bonds. The quantitative estimate of drug-likeness (QED) is 0.650. The van der Waals surface area contributed by atoms with Crippen LogP contribution in [0.2, 0.25) is 0 Å². The van der Waals surface area contributed by atoms with E-state index in [1.807, 2.05) is 6.92 Å². The molecule has 0 spiro atoms. The van der Waals surface area contributed by atoms with E-state index in [0.717, 1.165) is 5.56 Å². The summed E-state index contributed by atoms with van der Waals surface area (Å²) in [6, 6.07) is 5.12. The minimum Gasteiger partial charge on any atom is -0.491 e. The molecule has 0 fully saturated rings. The molecule has 0 saturated carbocycles. The van der Waals surface area contributed by atoms with E-state index in [1.54, 1.807) is 67.3 Å². The van der Waals surface area contributed by atoms with Crippen LogP contribution in [0.15, 0.2) is 36.8 Å². The lowest BCUT2D eigenvalue weighted by Gasteiger charge is -2.20. The van der Waals surface area contributed by atoms with Gasteiger partial charge in [0.1, 0.15) is 0 Å². The fourth-order valence-electron chi connectivity index (χ4n) is 3.74. The van der Waals surface area contributed by atoms with E-state index in [1.165, 1.54) is 7.11 Å². The third kappa shape index (κ3) is 3.84. The molecule has 9 nitrogen and oxygen atoms in total. The first-order valence-corrected chi connectivity index (χ1v) is 9.89. The van der Waals surface area contributed by atoms with Gasteiger partial charge < -0.3 is 14.6 Å². The summed E-state index contributed by atoms with van der Waals surface area (Å²) >= 11 is 0. The van der Waals surface area contributed by atoms with Crippen LogP contribution in [0, 0.1) is 0 Å². The molecule has 0 aromatic carbocycles. The van der Waals surface area contributed by atoms with Crippen molar-refractivity contribution >= 4 is 11.6 Å². The van der Waals surface area contributed by atoms with Gasteiger partial charge in [-0.05, 0) is 39.0 Å². The first kappa shape index (κ1) is 20.8. The molecule has 9 heteroatoms. The molecule has 1 N–H and O–H groups in total. The summed E-state index contributed by atoms with van der Waals surface area (Å²) < 4.78 is 12.2. The summed E-state index contributed by atoms with van der Waals surface area (Å²) in [5.74, 6) is 0.771. The number of amides is 1. The van der Waals surface area contributed by atoms with Gasteiger partial charge in [0.25, 0.3) is 11.8 Å². The number of pyridine rings is 2. The van der Waals surface area contributed by atoms with Crippen molar-refractivity contribution in [3.8, 4) is 22.9 Å². The number of anilines is 1. The summed E-state index contributed by atoms with van der Waals surface area (Å²) in [7, 11) is 3.08. The largest absolute Gasteiger partial charge is 0.491 e. The first-order chi connectivity index (χ1) is 14.7. The van der Waals surface area contributed by atoms with Gasteiger partial charge in [0.2, 0.25) is 0 Å². The lowest BCUT2D eigenvalue weighted by atomic mass is 10.1. The molecule has 1 aliphatic rings. The van der Waals surface area contributed by atoms with Crippen molar-refractivity contribution in [2.75, 3.05) is 19.1 Å². The van der Waals surface area contributed by atoms with Crippen LogP contribution in [0.3, 0.4) is 0 Å². The number of aromatic nitrogens is 4. The van der Waals surface area contributed by atoms with Crippen molar-refractivity contribution in [1.29, 1.82) is 0 Å². The summed E-state index contributed by atoms with van der Waals surface area (Å²) in [6.07, 6.45) is 5.05. The number of aliphatic hydroxyl groups is 1. The molecule has 162 valence electrons. The fourth-order valence-corrected chi connectivity index (χ4v) is 3.74. The van der Waals surface area contributed by atoms with Gasteiger partial charge in [0, 0.05) is 18.0 Å². The van der Waals surface area contributed by atoms with Crippen LogP contribution in [-0.2, 0) is 6.54 Å². The van der Waals surface area contributed by atoms with Crippen LogP contribution in [0.25, 0.3) is 11.3 Å². The number of carbonyl (C=O) groups excluding carboxylic acids is 1. The molecule has 0 saturated heterocycles. The number of rotatable bonds is 6. The Morgan fingerprint density at radius 1 is 1.19 bits per heavy atom. The molecule has 3 aromatic rings. The molecule has 0 radical (unpaired) electrons. The Kier molecular flexibility index (Phi) is 5.14. The van der Waals surface area contributed by atoms with E-state index in [0.29, 0.717) is 40.8 Å². The summed E-state index contributed by atoms with van der Waals surface area (Å²) in [5.41, 5.74) is 2.45. The zero-order valence-electron chi connectivity index (χ0n) is 18.2. The molecule has 0 unspecified atom stereocenters. The second-order valence-corrected chi connectivity index (χ2v) is 8.12. The number of methoxy groups -OCH3 is 2. The molecule has 1 atom stereocenters. The molecule has 0 aliphatic carbocycles. The van der Waals surface area contributed by atoms with Crippen molar-refractivity contribution < 1.29 is 19.4 Å². The Balaban J connectivity index is 1.66. The highest BCUT2D eigenvalue weighted by Crippen LogP contribution is 2.38. The van der Waals surface area contributed by atoms with Crippen LogP contribution in [0.5, 0.6) is 11.6 Å². The number of carbonyl (C=O) groups is 1. The van der Waals surface area contributed by atoms with Crippen LogP contribution in [0.1, 0.15) is 42.9 Å². The van der Waals surface area contributed by atoms with Crippen molar-refractivity contribution in [3.63, 3.8) is 0 Å². The SMILES string of the molecule is COc1cc(-c2ccc3c(n2)[C@H](C)N(c2cnn(CC(C)(C)O)c2)C3=O)cnc1OC. The minimum absolute atomic E-state index is 0.130. The third-order valence-corrected chi connectivity index (χ3v) is 5.13. The van der Waals surface area contributed by atoms with Crippen LogP contribution in [-0.4, -0.2) is 50.6 Å². The van der Waals surface area contributed by atoms with Crippen molar-refractivity contribution in [2.24, 2.45) is 0 Å². The molecule has 4 heterocycles. The Labute approximate surface area is 180 Å². The Hall–Kier alpha value is -3.46. The van der Waals surface area contributed by atoms with Crippen LogP contribution in [0.4, 0.5) is 5.69 Å². The van der Waals surface area contributed by atoms with Gasteiger partial charge in [0.15, 0.2) is 5.75 Å². The third-order valence-electron chi connectivity index (χ3n) is 5.13. The van der Waals surface area contributed by atoms with Crippen molar-refractivity contribution in [1.82, 2.24) is 19.7 Å². The maximum Gasteiger partial charge on any atom is 0.260 e. The standard InChI is InChI=1S/C22H25N5O4/c1-13-19-16(21(28)27(13)15-10-24-26(11-15)12-22(2,3)29)6-7-17(25-19)14-8-18(30-4)20(31-5)23-9-14/h6-11,13,29H,12H2,1-5H3/t13-/m0/s1. The summed E-state index contributed by atoms with van der Waals surface area (Å²) in [5, 5.41) is 14.3. The van der Waals surface area contributed by atoms with Gasteiger partial charge in [-0.25, -0.2) is 9.97 Å². The maximum absolute atomic E-state index is 13.1. The second-order valence-electron chi connectivity index (χ2n) is 8.12. The van der Waals surface area contributed by atoms with Gasteiger partial charge in [0.05, 0.1) is 61.2 Å². The topological polar surface area (TPSA) is 103 Å². The smallest absolute Gasteiger partial charge is 0.260 e. The monoisotopic (exact) mass is 423 g/mol. The highest BCUT2D eigenvalue weighted by atomic mass is 16.5. The number of ether oxygens (including phenoxy) is 2. The van der Waals surface area contributed by atoms with Gasteiger partial charge in [-0.1, -0.05) is 0 Å². The predicted octanol–water partition coefficient (Wildman–Crippen LogP) is 2.85. The molecule has 0 bridgehead atoms. The summed E-state index contributed by atoms with van der Waals surface area (Å²) in [6.45, 7) is 5.68. The molecule has 31 heavy (non-hydrogen) atoms. The Morgan fingerprint density at radius 2 is 1.97 bits per heavy atom. The van der Waals surface area contributed by atoms with E-state index in [-0.39, 0.29) is 11.9 Å². The van der Waals surface area contributed by atoms with E-state index in [9.17, 15) is 9.90 Å². The van der Waals surface area contributed by atoms with Crippen LogP contribution < -0.4 is 14.4 Å². The van der Waals surface area contributed by atoms with Crippen molar-refractivity contribution in [2.45, 2.75) is 39.0 Å². The summed E-state index contributed by atoms with van der Waals surface area (Å²) in [4.78, 5) is 23.8. The molecule has 3 aromatic heterocycles. The van der Waals surface area contributed by atoms with E-state index in [2.05, 4.69) is 10.1 Å². The second kappa shape index (κ2) is 7.66. The Morgan fingerprint density at radius 3 is 2.65 bits per heavy atom. The lowest BCUT2D eigenvalue weighted by Crippen LogP contribution is -2.27. The average molecular weight is 423 g/mol. The van der Waals surface area contributed by atoms with Crippen LogP contribution >= 0.6 is 0 Å². The fraction of sp³-hybridized carbons (Fsp3) is 0.364. The molecular formula is C22H25N5O4. The molecule has 1 aliphatic heterocycles. The zero-order valence-corrected chi connectivity index (χ0v) is 18.2. The molecule has 4 rings (SSSR count). The number of hydrogen-bond acceptors (Lipinski definition) is 7. The number of nitrogens with zero attached hydrogens (tertiary/aromatic N) is 5. The lowest BCUT2D eigenvalue weighted by molar-refractivity contribution is 0.0577. The predicted molar refractivity (Wildman–Crippen MR) is 114 cm³/mol. The molecular weight excluding hydrogens is 398 g/mol. The van der Waals surface area contributed by atoms with E-state index in [4.69, 9.17) is 14.5 Å².